The van der Waals surface area contributed by atoms with Gasteiger partial charge >= 0.3 is 0 Å². The molecular weight excluding hydrogens is 200 g/mol. The summed E-state index contributed by atoms with van der Waals surface area (Å²) in [7, 11) is -1.56. The van der Waals surface area contributed by atoms with E-state index < -0.39 is 8.07 Å². The van der Waals surface area contributed by atoms with Crippen molar-refractivity contribution in [2.75, 3.05) is 0 Å². The van der Waals surface area contributed by atoms with Gasteiger partial charge in [-0.1, -0.05) is 59.7 Å². The molecule has 0 bridgehead atoms. The summed E-state index contributed by atoms with van der Waals surface area (Å²) in [5.74, 6) is 0. The van der Waals surface area contributed by atoms with Crippen molar-refractivity contribution in [3.8, 4) is 0 Å². The first-order valence-corrected chi connectivity index (χ1v) is 8.96. The zero-order valence-corrected chi connectivity index (χ0v) is 12.4. The van der Waals surface area contributed by atoms with Crippen LogP contribution in [0, 0.1) is 5.41 Å². The molecule has 90 valence electrons. The minimum absolute atomic E-state index is 0.297. The van der Waals surface area contributed by atoms with Gasteiger partial charge < -0.3 is 4.79 Å². The Bertz CT molecular complexity index is 191. The fraction of sp³-hybridized carbons (Fsp3) is 0.923. The maximum atomic E-state index is 12.3. The van der Waals surface area contributed by atoms with Gasteiger partial charge in [0, 0.05) is 6.42 Å². The highest BCUT2D eigenvalue weighted by Crippen LogP contribution is 2.27. The summed E-state index contributed by atoms with van der Waals surface area (Å²) in [5, 5.41) is 0.616. The molecule has 15 heavy (non-hydrogen) atoms. The predicted octanol–water partition coefficient (Wildman–Crippen LogP) is 4.43. The zero-order valence-electron chi connectivity index (χ0n) is 11.4. The Hall–Kier alpha value is -0.113. The van der Waals surface area contributed by atoms with Gasteiger partial charge in [0.15, 0.2) is 0 Å². The van der Waals surface area contributed by atoms with Gasteiger partial charge in [-0.05, 0) is 11.8 Å². The van der Waals surface area contributed by atoms with Gasteiger partial charge in [-0.3, -0.25) is 0 Å². The third-order valence-corrected chi connectivity index (χ3v) is 9.22. The van der Waals surface area contributed by atoms with Crippen molar-refractivity contribution < 1.29 is 4.79 Å². The molecule has 0 spiro atoms. The minimum Gasteiger partial charge on any atom is -0.305 e. The van der Waals surface area contributed by atoms with Gasteiger partial charge in [0.05, 0.1) is 0 Å². The molecule has 0 aromatic heterocycles. The molecule has 0 N–H and O–H groups in total. The second-order valence-corrected chi connectivity index (χ2v) is 11.1. The summed E-state index contributed by atoms with van der Waals surface area (Å²) in [6, 6.07) is 3.38. The van der Waals surface area contributed by atoms with Crippen LogP contribution in [0.3, 0.4) is 0 Å². The summed E-state index contributed by atoms with van der Waals surface area (Å²) in [6.07, 6.45) is 1.85. The third-order valence-electron chi connectivity index (χ3n) is 3.72. The van der Waals surface area contributed by atoms with Crippen LogP contribution in [0.4, 0.5) is 0 Å². The van der Waals surface area contributed by atoms with E-state index >= 15 is 0 Å². The van der Waals surface area contributed by atoms with E-state index in [1.54, 1.807) is 0 Å². The van der Waals surface area contributed by atoms with Crippen LogP contribution < -0.4 is 0 Å². The molecule has 0 saturated heterocycles. The highest BCUT2D eigenvalue weighted by atomic mass is 28.3. The molecule has 0 radical (unpaired) electrons. The lowest BCUT2D eigenvalue weighted by Crippen LogP contribution is -2.42. The number of carbonyl (C=O) groups excluding carboxylic acids is 1. The minimum atomic E-state index is -1.56. The van der Waals surface area contributed by atoms with Crippen LogP contribution in [-0.4, -0.2) is 13.5 Å². The van der Waals surface area contributed by atoms with Crippen LogP contribution >= 0.6 is 0 Å². The van der Waals surface area contributed by atoms with Crippen LogP contribution in [-0.2, 0) is 4.79 Å². The lowest BCUT2D eigenvalue weighted by Gasteiger charge is -2.27. The topological polar surface area (TPSA) is 17.1 Å². The SMILES string of the molecule is CC[Si](CC)(CC)C(=O)CCC(C)(C)C. The number of hydrogen-bond donors (Lipinski definition) is 0. The van der Waals surface area contributed by atoms with Crippen molar-refractivity contribution in [1.29, 1.82) is 0 Å². The van der Waals surface area contributed by atoms with Crippen LogP contribution in [0.25, 0.3) is 0 Å². The Balaban J connectivity index is 4.40. The monoisotopic (exact) mass is 228 g/mol. The van der Waals surface area contributed by atoms with E-state index in [9.17, 15) is 4.79 Å². The molecule has 2 heteroatoms. The Kier molecular flexibility index (Phi) is 5.79. The second-order valence-electron chi connectivity index (χ2n) is 5.82. The summed E-state index contributed by atoms with van der Waals surface area (Å²) in [4.78, 5) is 12.3. The standard InChI is InChI=1S/C13H28OSi/c1-7-15(8-2,9-3)12(14)10-11-13(4,5)6/h7-11H2,1-6H3. The molecule has 0 aliphatic heterocycles. The van der Waals surface area contributed by atoms with E-state index in [-0.39, 0.29) is 0 Å². The fourth-order valence-corrected chi connectivity index (χ4v) is 5.43. The molecule has 0 aliphatic rings. The van der Waals surface area contributed by atoms with Gasteiger partial charge in [0.2, 0.25) is 0 Å². The molecule has 0 saturated carbocycles. The number of rotatable bonds is 6. The van der Waals surface area contributed by atoms with E-state index in [4.69, 9.17) is 0 Å². The molecule has 0 heterocycles. The van der Waals surface area contributed by atoms with Gasteiger partial charge in [0.25, 0.3) is 0 Å². The largest absolute Gasteiger partial charge is 0.305 e. The summed E-state index contributed by atoms with van der Waals surface area (Å²) in [6.45, 7) is 13.3. The first-order valence-electron chi connectivity index (χ1n) is 6.34. The van der Waals surface area contributed by atoms with Crippen LogP contribution in [0.2, 0.25) is 18.1 Å². The first kappa shape index (κ1) is 14.9. The maximum Gasteiger partial charge on any atom is 0.132 e. The van der Waals surface area contributed by atoms with E-state index in [0.717, 1.165) is 31.0 Å². The third kappa shape index (κ3) is 4.50. The van der Waals surface area contributed by atoms with Crippen molar-refractivity contribution in [1.82, 2.24) is 0 Å². The Morgan fingerprint density at radius 1 is 1.00 bits per heavy atom. The molecule has 0 aromatic carbocycles. The van der Waals surface area contributed by atoms with Crippen molar-refractivity contribution in [3.63, 3.8) is 0 Å². The van der Waals surface area contributed by atoms with Crippen molar-refractivity contribution in [2.45, 2.75) is 72.5 Å². The van der Waals surface area contributed by atoms with Gasteiger partial charge in [-0.2, -0.15) is 0 Å². The van der Waals surface area contributed by atoms with E-state index in [1.165, 1.54) is 0 Å². The molecular formula is C13H28OSi. The van der Waals surface area contributed by atoms with E-state index in [2.05, 4.69) is 41.5 Å². The predicted molar refractivity (Wildman–Crippen MR) is 70.9 cm³/mol. The molecule has 0 fully saturated rings. The fourth-order valence-electron chi connectivity index (χ4n) is 2.10. The zero-order chi connectivity index (χ0) is 12.1. The summed E-state index contributed by atoms with van der Waals surface area (Å²) >= 11 is 0. The Labute approximate surface area is 96.7 Å². The average molecular weight is 228 g/mol. The highest BCUT2D eigenvalue weighted by Gasteiger charge is 2.35. The quantitative estimate of drug-likeness (QED) is 0.615. The molecule has 0 aromatic rings. The average Bonchev–Trinajstić information content (AvgIpc) is 2.17. The van der Waals surface area contributed by atoms with Crippen molar-refractivity contribution in [3.05, 3.63) is 0 Å². The van der Waals surface area contributed by atoms with Crippen molar-refractivity contribution in [2.24, 2.45) is 5.41 Å². The van der Waals surface area contributed by atoms with Gasteiger partial charge in [-0.25, -0.2) is 0 Å². The van der Waals surface area contributed by atoms with Gasteiger partial charge in [-0.15, -0.1) is 0 Å². The molecule has 0 aliphatic carbocycles. The van der Waals surface area contributed by atoms with E-state index in [1.807, 2.05) is 0 Å². The van der Waals surface area contributed by atoms with Crippen LogP contribution in [0.1, 0.15) is 54.4 Å². The first-order chi connectivity index (χ1) is 6.81. The summed E-state index contributed by atoms with van der Waals surface area (Å²) in [5.41, 5.74) is 0.297. The van der Waals surface area contributed by atoms with Crippen molar-refractivity contribution >= 4 is 13.5 Å². The maximum absolute atomic E-state index is 12.3. The molecule has 0 unspecified atom stereocenters. The second kappa shape index (κ2) is 5.83. The Morgan fingerprint density at radius 2 is 1.40 bits per heavy atom. The number of carbonyl (C=O) groups is 1. The van der Waals surface area contributed by atoms with Gasteiger partial charge in [0.1, 0.15) is 13.5 Å². The molecule has 0 rings (SSSR count). The lowest BCUT2D eigenvalue weighted by molar-refractivity contribution is -0.113. The normalized spacial score (nSPS) is 12.9. The molecule has 0 amide bonds. The highest BCUT2D eigenvalue weighted by molar-refractivity contribution is 7.05. The Morgan fingerprint density at radius 3 is 1.67 bits per heavy atom. The molecule has 1 nitrogen and oxygen atoms in total. The number of hydrogen-bond acceptors (Lipinski definition) is 1. The summed E-state index contributed by atoms with van der Waals surface area (Å²) < 4.78 is 0. The lowest BCUT2D eigenvalue weighted by atomic mass is 9.91. The van der Waals surface area contributed by atoms with Crippen LogP contribution in [0.5, 0.6) is 0 Å². The smallest absolute Gasteiger partial charge is 0.132 e. The van der Waals surface area contributed by atoms with Crippen LogP contribution in [0.15, 0.2) is 0 Å². The van der Waals surface area contributed by atoms with E-state index in [0.29, 0.717) is 10.8 Å². The molecule has 0 atom stereocenters.